The lowest BCUT2D eigenvalue weighted by Gasteiger charge is -2.45. The third kappa shape index (κ3) is 1.48. The van der Waals surface area contributed by atoms with E-state index in [9.17, 15) is 4.39 Å². The quantitative estimate of drug-likeness (QED) is 0.742. The van der Waals surface area contributed by atoms with Crippen molar-refractivity contribution in [2.45, 2.75) is 37.8 Å². The van der Waals surface area contributed by atoms with Crippen LogP contribution in [-0.2, 0) is 0 Å². The third-order valence-corrected chi connectivity index (χ3v) is 4.35. The van der Waals surface area contributed by atoms with Crippen LogP contribution >= 0.6 is 0 Å². The Hall–Kier alpha value is -1.09. The molecule has 1 saturated heterocycles. The van der Waals surface area contributed by atoms with E-state index < -0.39 is 0 Å². The van der Waals surface area contributed by atoms with Crippen LogP contribution in [0.4, 0.5) is 10.1 Å². The summed E-state index contributed by atoms with van der Waals surface area (Å²) < 4.78 is 13.4. The Kier molecular flexibility index (Phi) is 2.24. The Balaban J connectivity index is 2.10. The fourth-order valence-corrected chi connectivity index (χ4v) is 3.68. The van der Waals surface area contributed by atoms with Crippen molar-refractivity contribution in [2.75, 3.05) is 18.5 Å². The SMILES string of the molecule is CN1c2cc(F)ccc2C2CCNC(C)(C)C21. The molecular weight excluding hydrogens is 215 g/mol. The number of nitrogens with one attached hydrogen (secondary N) is 1. The Morgan fingerprint density at radius 3 is 2.94 bits per heavy atom. The van der Waals surface area contributed by atoms with Gasteiger partial charge in [-0.05, 0) is 44.5 Å². The number of fused-ring (bicyclic) bond motifs is 3. The topological polar surface area (TPSA) is 15.3 Å². The van der Waals surface area contributed by atoms with Gasteiger partial charge in [0.25, 0.3) is 0 Å². The van der Waals surface area contributed by atoms with E-state index in [-0.39, 0.29) is 11.4 Å². The molecule has 3 rings (SSSR count). The smallest absolute Gasteiger partial charge is 0.125 e. The summed E-state index contributed by atoms with van der Waals surface area (Å²) >= 11 is 0. The molecule has 17 heavy (non-hydrogen) atoms. The van der Waals surface area contributed by atoms with Crippen LogP contribution in [0.5, 0.6) is 0 Å². The maximum Gasteiger partial charge on any atom is 0.125 e. The monoisotopic (exact) mass is 234 g/mol. The highest BCUT2D eigenvalue weighted by molar-refractivity contribution is 5.62. The molecule has 0 aliphatic carbocycles. The van der Waals surface area contributed by atoms with Crippen molar-refractivity contribution in [1.82, 2.24) is 5.32 Å². The molecule has 2 atom stereocenters. The van der Waals surface area contributed by atoms with Gasteiger partial charge in [-0.25, -0.2) is 4.39 Å². The van der Waals surface area contributed by atoms with Crippen LogP contribution < -0.4 is 10.2 Å². The maximum atomic E-state index is 13.4. The van der Waals surface area contributed by atoms with Crippen molar-refractivity contribution in [3.05, 3.63) is 29.6 Å². The van der Waals surface area contributed by atoms with E-state index in [1.165, 1.54) is 5.56 Å². The summed E-state index contributed by atoms with van der Waals surface area (Å²) in [5.74, 6) is 0.395. The standard InChI is InChI=1S/C14H19FN2/c1-14(2)13-11(6-7-16-14)10-5-4-9(15)8-12(10)17(13)3/h4-5,8,11,13,16H,6-7H2,1-3H3. The minimum Gasteiger partial charge on any atom is -0.369 e. The molecule has 3 heteroatoms. The molecule has 2 nitrogen and oxygen atoms in total. The lowest BCUT2D eigenvalue weighted by Crippen LogP contribution is -2.60. The zero-order valence-electron chi connectivity index (χ0n) is 10.6. The minimum atomic E-state index is -0.139. The van der Waals surface area contributed by atoms with Crippen molar-refractivity contribution in [3.8, 4) is 0 Å². The normalized spacial score (nSPS) is 30.0. The van der Waals surface area contributed by atoms with Crippen molar-refractivity contribution < 1.29 is 4.39 Å². The molecular formula is C14H19FN2. The summed E-state index contributed by atoms with van der Waals surface area (Å²) in [4.78, 5) is 2.25. The first-order chi connectivity index (χ1) is 8.00. The molecule has 0 saturated carbocycles. The van der Waals surface area contributed by atoms with Gasteiger partial charge in [0.2, 0.25) is 0 Å². The van der Waals surface area contributed by atoms with E-state index in [1.54, 1.807) is 12.1 Å². The number of anilines is 1. The first-order valence-corrected chi connectivity index (χ1v) is 6.28. The fraction of sp³-hybridized carbons (Fsp3) is 0.571. The molecule has 0 radical (unpaired) electrons. The molecule has 1 aromatic carbocycles. The Morgan fingerprint density at radius 2 is 2.18 bits per heavy atom. The molecule has 1 N–H and O–H groups in total. The second-order valence-electron chi connectivity index (χ2n) is 5.80. The Labute approximate surface area is 102 Å². The second-order valence-corrected chi connectivity index (χ2v) is 5.80. The summed E-state index contributed by atoms with van der Waals surface area (Å²) in [6.45, 7) is 5.52. The van der Waals surface area contributed by atoms with Crippen molar-refractivity contribution in [2.24, 2.45) is 0 Å². The zero-order chi connectivity index (χ0) is 12.2. The van der Waals surface area contributed by atoms with Crippen LogP contribution in [0.2, 0.25) is 0 Å². The average Bonchev–Trinajstić information content (AvgIpc) is 2.53. The average molecular weight is 234 g/mol. The van der Waals surface area contributed by atoms with Gasteiger partial charge in [-0.1, -0.05) is 6.07 Å². The number of likely N-dealkylation sites (N-methyl/N-ethyl adjacent to an activating group) is 1. The molecule has 2 unspecified atom stereocenters. The number of piperidine rings is 1. The van der Waals surface area contributed by atoms with Crippen LogP contribution in [0.15, 0.2) is 18.2 Å². The number of nitrogens with zero attached hydrogens (tertiary/aromatic N) is 1. The van der Waals surface area contributed by atoms with Gasteiger partial charge in [-0.3, -0.25) is 0 Å². The van der Waals surface area contributed by atoms with Crippen LogP contribution in [0, 0.1) is 5.82 Å². The van der Waals surface area contributed by atoms with Crippen LogP contribution in [0.1, 0.15) is 31.7 Å². The highest BCUT2D eigenvalue weighted by Gasteiger charge is 2.47. The van der Waals surface area contributed by atoms with Gasteiger partial charge in [-0.15, -0.1) is 0 Å². The Morgan fingerprint density at radius 1 is 1.41 bits per heavy atom. The van der Waals surface area contributed by atoms with E-state index >= 15 is 0 Å². The highest BCUT2D eigenvalue weighted by atomic mass is 19.1. The molecule has 1 aromatic rings. The second kappa shape index (κ2) is 3.45. The Bertz CT molecular complexity index is 456. The summed E-state index contributed by atoms with van der Waals surface area (Å²) in [6.07, 6.45) is 1.14. The third-order valence-electron chi connectivity index (χ3n) is 4.35. The van der Waals surface area contributed by atoms with Gasteiger partial charge in [0, 0.05) is 24.2 Å². The van der Waals surface area contributed by atoms with Gasteiger partial charge in [0.15, 0.2) is 0 Å². The first-order valence-electron chi connectivity index (χ1n) is 6.28. The molecule has 2 aliphatic heterocycles. The number of halogens is 1. The molecule has 2 aliphatic rings. The fourth-order valence-electron chi connectivity index (χ4n) is 3.68. The van der Waals surface area contributed by atoms with E-state index in [0.29, 0.717) is 12.0 Å². The highest BCUT2D eigenvalue weighted by Crippen LogP contribution is 2.47. The van der Waals surface area contributed by atoms with Crippen molar-refractivity contribution >= 4 is 5.69 Å². The molecule has 0 aromatic heterocycles. The van der Waals surface area contributed by atoms with Crippen molar-refractivity contribution in [1.29, 1.82) is 0 Å². The molecule has 0 amide bonds. The predicted octanol–water partition coefficient (Wildman–Crippen LogP) is 2.50. The molecule has 1 fully saturated rings. The molecule has 0 bridgehead atoms. The van der Waals surface area contributed by atoms with Gasteiger partial charge < -0.3 is 10.2 Å². The van der Waals surface area contributed by atoms with Crippen molar-refractivity contribution in [3.63, 3.8) is 0 Å². The van der Waals surface area contributed by atoms with E-state index in [0.717, 1.165) is 18.7 Å². The van der Waals surface area contributed by atoms with Gasteiger partial charge >= 0.3 is 0 Å². The maximum absolute atomic E-state index is 13.4. The van der Waals surface area contributed by atoms with Gasteiger partial charge in [0.05, 0.1) is 6.04 Å². The summed E-state index contributed by atoms with van der Waals surface area (Å²) in [7, 11) is 2.08. The minimum absolute atomic E-state index is 0.0766. The molecule has 0 spiro atoms. The van der Waals surface area contributed by atoms with E-state index in [2.05, 4.69) is 31.1 Å². The van der Waals surface area contributed by atoms with Crippen LogP contribution in [0.3, 0.4) is 0 Å². The first kappa shape index (κ1) is 11.0. The lowest BCUT2D eigenvalue weighted by atomic mass is 9.78. The number of hydrogen-bond donors (Lipinski definition) is 1. The largest absolute Gasteiger partial charge is 0.369 e. The van der Waals surface area contributed by atoms with Crippen LogP contribution in [0.25, 0.3) is 0 Å². The lowest BCUT2D eigenvalue weighted by molar-refractivity contribution is 0.237. The molecule has 2 heterocycles. The van der Waals surface area contributed by atoms with Crippen LogP contribution in [-0.4, -0.2) is 25.2 Å². The number of benzene rings is 1. The predicted molar refractivity (Wildman–Crippen MR) is 68.0 cm³/mol. The molecule has 92 valence electrons. The number of rotatable bonds is 0. The number of hydrogen-bond acceptors (Lipinski definition) is 2. The van der Waals surface area contributed by atoms with Gasteiger partial charge in [0.1, 0.15) is 5.82 Å². The zero-order valence-corrected chi connectivity index (χ0v) is 10.6. The van der Waals surface area contributed by atoms with E-state index in [1.807, 2.05) is 6.07 Å². The summed E-state index contributed by atoms with van der Waals surface area (Å²) in [5, 5.41) is 3.57. The summed E-state index contributed by atoms with van der Waals surface area (Å²) in [5.41, 5.74) is 2.46. The van der Waals surface area contributed by atoms with Gasteiger partial charge in [-0.2, -0.15) is 0 Å². The van der Waals surface area contributed by atoms with E-state index in [4.69, 9.17) is 0 Å². The summed E-state index contributed by atoms with van der Waals surface area (Å²) in [6, 6.07) is 5.65.